The average molecular weight is 175 g/mol. The first-order chi connectivity index (χ1) is 4.70. The Bertz CT molecular complexity index is 170. The first kappa shape index (κ1) is 8.22. The Labute approximate surface area is 72.4 Å². The van der Waals surface area contributed by atoms with Crippen molar-refractivity contribution in [3.8, 4) is 0 Å². The summed E-state index contributed by atoms with van der Waals surface area (Å²) in [6.07, 6.45) is 7.16. The first-order valence-corrected chi connectivity index (χ1v) is 4.36. The van der Waals surface area contributed by atoms with Crippen molar-refractivity contribution in [2.24, 2.45) is 0 Å². The fourth-order valence-electron chi connectivity index (χ4n) is 0.921. The van der Waals surface area contributed by atoms with Crippen molar-refractivity contribution >= 4 is 24.2 Å². The fraction of sp³-hybridized carbons (Fsp3) is 0.500. The van der Waals surface area contributed by atoms with E-state index in [2.05, 4.69) is 31.7 Å². The highest BCUT2D eigenvalue weighted by Gasteiger charge is 2.07. The van der Waals surface area contributed by atoms with E-state index in [4.69, 9.17) is 11.6 Å². The average Bonchev–Trinajstić information content (AvgIpc) is 1.88. The highest BCUT2D eigenvalue weighted by Crippen LogP contribution is 2.19. The maximum absolute atomic E-state index is 5.83. The zero-order chi connectivity index (χ0) is 7.56. The third-order valence-electron chi connectivity index (χ3n) is 1.56. The minimum absolute atomic E-state index is 0.191. The molecule has 0 amide bonds. The van der Waals surface area contributed by atoms with Gasteiger partial charge in [0.25, 0.3) is 0 Å². The molecule has 56 valence electrons. The van der Waals surface area contributed by atoms with Crippen molar-refractivity contribution in [3.63, 3.8) is 0 Å². The SMILES string of the molecule is CC(S)C1=CCC(Cl)C=C1. The molecule has 0 saturated heterocycles. The Kier molecular flexibility index (Phi) is 2.87. The van der Waals surface area contributed by atoms with Crippen molar-refractivity contribution in [2.45, 2.75) is 24.0 Å². The molecule has 1 aliphatic carbocycles. The predicted molar refractivity (Wildman–Crippen MR) is 49.9 cm³/mol. The number of hydrogen-bond donors (Lipinski definition) is 1. The van der Waals surface area contributed by atoms with Gasteiger partial charge >= 0.3 is 0 Å². The van der Waals surface area contributed by atoms with Crippen molar-refractivity contribution in [1.82, 2.24) is 0 Å². The van der Waals surface area contributed by atoms with Gasteiger partial charge < -0.3 is 0 Å². The topological polar surface area (TPSA) is 0 Å². The smallest absolute Gasteiger partial charge is 0.0553 e. The normalized spacial score (nSPS) is 27.9. The molecule has 2 atom stereocenters. The van der Waals surface area contributed by atoms with Crippen molar-refractivity contribution in [3.05, 3.63) is 23.8 Å². The largest absolute Gasteiger partial charge is 0.171 e. The Balaban J connectivity index is 2.59. The lowest BCUT2D eigenvalue weighted by Crippen LogP contribution is -2.02. The van der Waals surface area contributed by atoms with Crippen LogP contribution in [0.4, 0.5) is 0 Å². The van der Waals surface area contributed by atoms with Crippen LogP contribution in [-0.2, 0) is 0 Å². The van der Waals surface area contributed by atoms with E-state index < -0.39 is 0 Å². The molecule has 0 bridgehead atoms. The van der Waals surface area contributed by atoms with Crippen LogP contribution in [0, 0.1) is 0 Å². The molecular weight excluding hydrogens is 164 g/mol. The fourth-order valence-corrected chi connectivity index (χ4v) is 1.27. The molecule has 0 nitrogen and oxygen atoms in total. The van der Waals surface area contributed by atoms with Crippen LogP contribution < -0.4 is 0 Å². The Hall–Kier alpha value is 0.120. The van der Waals surface area contributed by atoms with Gasteiger partial charge in [-0.2, -0.15) is 12.6 Å². The van der Waals surface area contributed by atoms with Crippen LogP contribution >= 0.6 is 24.2 Å². The number of halogens is 1. The van der Waals surface area contributed by atoms with Gasteiger partial charge in [0.15, 0.2) is 0 Å². The summed E-state index contributed by atoms with van der Waals surface area (Å²) in [4.78, 5) is 0. The van der Waals surface area contributed by atoms with Crippen LogP contribution in [0.25, 0.3) is 0 Å². The number of allylic oxidation sites excluding steroid dienone is 3. The molecule has 2 heteroatoms. The van der Waals surface area contributed by atoms with Crippen LogP contribution in [0.2, 0.25) is 0 Å². The van der Waals surface area contributed by atoms with Gasteiger partial charge in [-0.05, 0) is 18.9 Å². The molecule has 10 heavy (non-hydrogen) atoms. The van der Waals surface area contributed by atoms with E-state index in [9.17, 15) is 0 Å². The van der Waals surface area contributed by atoms with E-state index in [1.165, 1.54) is 5.57 Å². The standard InChI is InChI=1S/C8H11ClS/c1-6(10)7-2-4-8(9)5-3-7/h2-4,6,8,10H,5H2,1H3. The van der Waals surface area contributed by atoms with E-state index in [1.807, 2.05) is 6.08 Å². The van der Waals surface area contributed by atoms with Gasteiger partial charge in [-0.3, -0.25) is 0 Å². The molecule has 0 N–H and O–H groups in total. The summed E-state index contributed by atoms with van der Waals surface area (Å²) in [5.41, 5.74) is 1.28. The predicted octanol–water partition coefficient (Wildman–Crippen LogP) is 2.80. The summed E-state index contributed by atoms with van der Waals surface area (Å²) >= 11 is 10.1. The van der Waals surface area contributed by atoms with Gasteiger partial charge in [-0.25, -0.2) is 0 Å². The monoisotopic (exact) mass is 174 g/mol. The number of hydrogen-bond acceptors (Lipinski definition) is 1. The van der Waals surface area contributed by atoms with E-state index in [-0.39, 0.29) is 5.38 Å². The summed E-state index contributed by atoms with van der Waals surface area (Å²) in [5.74, 6) is 0. The van der Waals surface area contributed by atoms with Crippen LogP contribution in [0.3, 0.4) is 0 Å². The summed E-state index contributed by atoms with van der Waals surface area (Å²) in [6.45, 7) is 2.06. The molecule has 0 aromatic heterocycles. The summed E-state index contributed by atoms with van der Waals surface area (Å²) in [5, 5.41) is 0.524. The molecule has 0 aromatic rings. The molecule has 2 unspecified atom stereocenters. The molecule has 1 aliphatic rings. The van der Waals surface area contributed by atoms with Crippen LogP contribution in [0.1, 0.15) is 13.3 Å². The van der Waals surface area contributed by atoms with Gasteiger partial charge in [0.2, 0.25) is 0 Å². The van der Waals surface area contributed by atoms with E-state index in [0.717, 1.165) is 6.42 Å². The first-order valence-electron chi connectivity index (χ1n) is 3.40. The van der Waals surface area contributed by atoms with E-state index in [1.54, 1.807) is 0 Å². The molecule has 0 aliphatic heterocycles. The second kappa shape index (κ2) is 3.49. The maximum Gasteiger partial charge on any atom is 0.0553 e. The van der Waals surface area contributed by atoms with Crippen molar-refractivity contribution in [1.29, 1.82) is 0 Å². The number of alkyl halides is 1. The molecular formula is C8H11ClS. The summed E-state index contributed by atoms with van der Waals surface area (Å²) < 4.78 is 0. The van der Waals surface area contributed by atoms with Crippen LogP contribution in [-0.4, -0.2) is 10.6 Å². The third-order valence-corrected chi connectivity index (χ3v) is 2.18. The number of thiol groups is 1. The lowest BCUT2D eigenvalue weighted by molar-refractivity contribution is 0.998. The van der Waals surface area contributed by atoms with Gasteiger partial charge in [-0.1, -0.05) is 18.2 Å². The van der Waals surface area contributed by atoms with Crippen LogP contribution in [0.5, 0.6) is 0 Å². The Morgan fingerprint density at radius 1 is 1.80 bits per heavy atom. The maximum atomic E-state index is 5.83. The Morgan fingerprint density at radius 3 is 2.90 bits per heavy atom. The molecule has 1 rings (SSSR count). The van der Waals surface area contributed by atoms with E-state index in [0.29, 0.717) is 5.25 Å². The molecule has 0 radical (unpaired) electrons. The summed E-state index contributed by atoms with van der Waals surface area (Å²) in [6, 6.07) is 0. The molecule has 0 heterocycles. The molecule has 0 fully saturated rings. The molecule has 0 spiro atoms. The quantitative estimate of drug-likeness (QED) is 0.459. The highest BCUT2D eigenvalue weighted by molar-refractivity contribution is 7.81. The zero-order valence-corrected chi connectivity index (χ0v) is 7.57. The second-order valence-electron chi connectivity index (χ2n) is 2.49. The molecule has 0 saturated carbocycles. The van der Waals surface area contributed by atoms with Gasteiger partial charge in [0.1, 0.15) is 0 Å². The zero-order valence-electron chi connectivity index (χ0n) is 5.92. The van der Waals surface area contributed by atoms with Crippen molar-refractivity contribution in [2.75, 3.05) is 0 Å². The number of rotatable bonds is 1. The molecule has 0 aromatic carbocycles. The third kappa shape index (κ3) is 2.06. The van der Waals surface area contributed by atoms with Gasteiger partial charge in [0, 0.05) is 5.25 Å². The van der Waals surface area contributed by atoms with Gasteiger partial charge in [0.05, 0.1) is 5.38 Å². The second-order valence-corrected chi connectivity index (χ2v) is 3.83. The summed E-state index contributed by atoms with van der Waals surface area (Å²) in [7, 11) is 0. The Morgan fingerprint density at radius 2 is 2.50 bits per heavy atom. The van der Waals surface area contributed by atoms with Gasteiger partial charge in [-0.15, -0.1) is 11.6 Å². The van der Waals surface area contributed by atoms with Crippen molar-refractivity contribution < 1.29 is 0 Å². The minimum atomic E-state index is 0.191. The minimum Gasteiger partial charge on any atom is -0.171 e. The highest BCUT2D eigenvalue weighted by atomic mass is 35.5. The lowest BCUT2D eigenvalue weighted by atomic mass is 10.0. The lowest BCUT2D eigenvalue weighted by Gasteiger charge is -2.12. The van der Waals surface area contributed by atoms with Crippen LogP contribution in [0.15, 0.2) is 23.8 Å². The van der Waals surface area contributed by atoms with E-state index >= 15 is 0 Å².